The Morgan fingerprint density at radius 3 is 2.58 bits per heavy atom. The molecule has 2 aromatic carbocycles. The number of aromatic nitrogens is 1. The van der Waals surface area contributed by atoms with Crippen molar-refractivity contribution in [3.63, 3.8) is 0 Å². The molecule has 0 amide bonds. The van der Waals surface area contributed by atoms with E-state index >= 15 is 0 Å². The summed E-state index contributed by atoms with van der Waals surface area (Å²) in [6, 6.07) is 15.0. The predicted molar refractivity (Wildman–Crippen MR) is 101 cm³/mol. The molecule has 5 nitrogen and oxygen atoms in total. The van der Waals surface area contributed by atoms with Crippen molar-refractivity contribution in [3.05, 3.63) is 64.7 Å². The Kier molecular flexibility index (Phi) is 5.53. The number of hydrogen-bond donors (Lipinski definition) is 0. The van der Waals surface area contributed by atoms with Crippen molar-refractivity contribution in [1.82, 2.24) is 4.98 Å². The van der Waals surface area contributed by atoms with Gasteiger partial charge in [-0.1, -0.05) is 30.3 Å². The fraction of sp³-hybridized carbons (Fsp3) is 0.200. The van der Waals surface area contributed by atoms with Crippen LogP contribution in [0.5, 0.6) is 11.5 Å². The van der Waals surface area contributed by atoms with Crippen LogP contribution in [0.4, 0.5) is 0 Å². The third kappa shape index (κ3) is 3.86. The molecule has 3 rings (SSSR count). The first kappa shape index (κ1) is 17.9. The Morgan fingerprint density at radius 2 is 1.88 bits per heavy atom. The first-order valence-corrected chi connectivity index (χ1v) is 8.85. The highest BCUT2D eigenvalue weighted by molar-refractivity contribution is 7.15. The summed E-state index contributed by atoms with van der Waals surface area (Å²) in [5.41, 5.74) is 2.35. The lowest BCUT2D eigenvalue weighted by molar-refractivity contribution is 0.0595. The van der Waals surface area contributed by atoms with Gasteiger partial charge in [-0.15, -0.1) is 11.3 Å². The lowest BCUT2D eigenvalue weighted by Gasteiger charge is -2.11. The van der Waals surface area contributed by atoms with Crippen molar-refractivity contribution >= 4 is 17.3 Å². The molecule has 0 aliphatic carbocycles. The molecular weight excluding hydrogens is 350 g/mol. The maximum Gasteiger partial charge on any atom is 0.341 e. The summed E-state index contributed by atoms with van der Waals surface area (Å²) in [6.07, 6.45) is 0. The van der Waals surface area contributed by atoms with Crippen molar-refractivity contribution in [1.29, 1.82) is 0 Å². The molecule has 0 radical (unpaired) electrons. The standard InChI is InChI=1S/C20H19NO4S/c1-13-18(26-19(21-13)14-7-5-4-6-8-14)12-25-17-11-15(23-2)9-10-16(17)20(22)24-3/h4-11H,12H2,1-3H3. The number of aryl methyl sites for hydroxylation is 1. The molecule has 0 atom stereocenters. The van der Waals surface area contributed by atoms with Gasteiger partial charge in [0, 0.05) is 11.6 Å². The summed E-state index contributed by atoms with van der Waals surface area (Å²) in [7, 11) is 2.91. The van der Waals surface area contributed by atoms with E-state index in [1.165, 1.54) is 7.11 Å². The quantitative estimate of drug-likeness (QED) is 0.599. The van der Waals surface area contributed by atoms with Crippen LogP contribution in [0.2, 0.25) is 0 Å². The van der Waals surface area contributed by atoms with Crippen LogP contribution in [0.25, 0.3) is 10.6 Å². The fourth-order valence-electron chi connectivity index (χ4n) is 2.44. The Morgan fingerprint density at radius 1 is 1.12 bits per heavy atom. The SMILES string of the molecule is COC(=O)c1ccc(OC)cc1OCc1sc(-c2ccccc2)nc1C. The minimum atomic E-state index is -0.450. The Bertz CT molecular complexity index is 905. The Labute approximate surface area is 156 Å². The van der Waals surface area contributed by atoms with E-state index in [2.05, 4.69) is 4.98 Å². The zero-order valence-corrected chi connectivity index (χ0v) is 15.6. The molecular formula is C20H19NO4S. The molecule has 0 aliphatic heterocycles. The van der Waals surface area contributed by atoms with E-state index in [0.29, 0.717) is 23.7 Å². The number of ether oxygens (including phenoxy) is 3. The number of benzene rings is 2. The maximum atomic E-state index is 11.9. The van der Waals surface area contributed by atoms with Gasteiger partial charge >= 0.3 is 5.97 Å². The van der Waals surface area contributed by atoms with Gasteiger partial charge in [0.2, 0.25) is 0 Å². The summed E-state index contributed by atoms with van der Waals surface area (Å²) in [6.45, 7) is 2.27. The molecule has 1 aromatic heterocycles. The number of carbonyl (C=O) groups is 1. The molecule has 0 bridgehead atoms. The van der Waals surface area contributed by atoms with E-state index < -0.39 is 5.97 Å². The second-order valence-corrected chi connectivity index (χ2v) is 6.62. The van der Waals surface area contributed by atoms with Gasteiger partial charge < -0.3 is 14.2 Å². The summed E-state index contributed by atoms with van der Waals surface area (Å²) in [5.74, 6) is 0.581. The van der Waals surface area contributed by atoms with Crippen LogP contribution in [0.15, 0.2) is 48.5 Å². The second-order valence-electron chi connectivity index (χ2n) is 5.54. The molecule has 0 aliphatic rings. The summed E-state index contributed by atoms with van der Waals surface area (Å²) >= 11 is 1.58. The molecule has 0 unspecified atom stereocenters. The molecule has 6 heteroatoms. The van der Waals surface area contributed by atoms with Gasteiger partial charge in [0.25, 0.3) is 0 Å². The van der Waals surface area contributed by atoms with Gasteiger partial charge in [-0.05, 0) is 19.1 Å². The third-order valence-corrected chi connectivity index (χ3v) is 5.05. The van der Waals surface area contributed by atoms with Crippen LogP contribution in [0.1, 0.15) is 20.9 Å². The number of esters is 1. The van der Waals surface area contributed by atoms with E-state index in [9.17, 15) is 4.79 Å². The minimum absolute atomic E-state index is 0.313. The molecule has 0 saturated carbocycles. The second kappa shape index (κ2) is 8.01. The number of carbonyl (C=O) groups excluding carboxylic acids is 1. The van der Waals surface area contributed by atoms with Crippen molar-refractivity contribution in [2.75, 3.05) is 14.2 Å². The van der Waals surface area contributed by atoms with E-state index in [1.807, 2.05) is 37.3 Å². The highest BCUT2D eigenvalue weighted by Crippen LogP contribution is 2.30. The molecule has 134 valence electrons. The lowest BCUT2D eigenvalue weighted by Crippen LogP contribution is -2.06. The zero-order chi connectivity index (χ0) is 18.5. The Hall–Kier alpha value is -2.86. The number of nitrogens with zero attached hydrogens (tertiary/aromatic N) is 1. The van der Waals surface area contributed by atoms with E-state index in [0.717, 1.165) is 21.1 Å². The Balaban J connectivity index is 1.83. The van der Waals surface area contributed by atoms with Gasteiger partial charge in [-0.25, -0.2) is 9.78 Å². The van der Waals surface area contributed by atoms with E-state index in [4.69, 9.17) is 14.2 Å². The van der Waals surface area contributed by atoms with Gasteiger partial charge in [-0.3, -0.25) is 0 Å². The molecule has 1 heterocycles. The molecule has 0 saturated heterocycles. The summed E-state index contributed by atoms with van der Waals surface area (Å²) in [5, 5.41) is 0.945. The van der Waals surface area contributed by atoms with Crippen LogP contribution >= 0.6 is 11.3 Å². The van der Waals surface area contributed by atoms with E-state index in [-0.39, 0.29) is 0 Å². The van der Waals surface area contributed by atoms with Gasteiger partial charge in [0.15, 0.2) is 0 Å². The predicted octanol–water partition coefficient (Wildman–Crippen LogP) is 4.49. The van der Waals surface area contributed by atoms with Crippen LogP contribution in [0.3, 0.4) is 0 Å². The monoisotopic (exact) mass is 369 g/mol. The van der Waals surface area contributed by atoms with Gasteiger partial charge in [-0.2, -0.15) is 0 Å². The normalized spacial score (nSPS) is 10.4. The van der Waals surface area contributed by atoms with Crippen LogP contribution in [-0.4, -0.2) is 25.2 Å². The smallest absolute Gasteiger partial charge is 0.341 e. The molecule has 0 N–H and O–H groups in total. The molecule has 0 fully saturated rings. The number of rotatable bonds is 6. The highest BCUT2D eigenvalue weighted by atomic mass is 32.1. The van der Waals surface area contributed by atoms with Crippen LogP contribution < -0.4 is 9.47 Å². The molecule has 0 spiro atoms. The van der Waals surface area contributed by atoms with Crippen molar-refractivity contribution in [2.24, 2.45) is 0 Å². The first-order valence-electron chi connectivity index (χ1n) is 8.03. The number of hydrogen-bond acceptors (Lipinski definition) is 6. The van der Waals surface area contributed by atoms with Crippen molar-refractivity contribution in [2.45, 2.75) is 13.5 Å². The summed E-state index contributed by atoms with van der Waals surface area (Å²) in [4.78, 5) is 17.6. The van der Waals surface area contributed by atoms with Crippen LogP contribution in [-0.2, 0) is 11.3 Å². The largest absolute Gasteiger partial charge is 0.497 e. The average Bonchev–Trinajstić information content (AvgIpc) is 3.07. The third-order valence-electron chi connectivity index (χ3n) is 3.87. The van der Waals surface area contributed by atoms with Crippen LogP contribution in [0, 0.1) is 6.92 Å². The lowest BCUT2D eigenvalue weighted by atomic mass is 10.2. The fourth-order valence-corrected chi connectivity index (χ4v) is 3.42. The topological polar surface area (TPSA) is 57.7 Å². The minimum Gasteiger partial charge on any atom is -0.497 e. The zero-order valence-electron chi connectivity index (χ0n) is 14.8. The summed E-state index contributed by atoms with van der Waals surface area (Å²) < 4.78 is 15.9. The van der Waals surface area contributed by atoms with E-state index in [1.54, 1.807) is 36.6 Å². The first-order chi connectivity index (χ1) is 12.6. The van der Waals surface area contributed by atoms with Crippen molar-refractivity contribution < 1.29 is 19.0 Å². The molecule has 3 aromatic rings. The maximum absolute atomic E-state index is 11.9. The molecule has 26 heavy (non-hydrogen) atoms. The van der Waals surface area contributed by atoms with Gasteiger partial charge in [0.05, 0.1) is 24.8 Å². The highest BCUT2D eigenvalue weighted by Gasteiger charge is 2.16. The van der Waals surface area contributed by atoms with Gasteiger partial charge in [0.1, 0.15) is 28.7 Å². The number of thiazole rings is 1. The van der Waals surface area contributed by atoms with Crippen molar-refractivity contribution in [3.8, 4) is 22.1 Å². The average molecular weight is 369 g/mol. The number of methoxy groups -OCH3 is 2.